The molecular weight excluding hydrogens is 392 g/mol. The zero-order chi connectivity index (χ0) is 17.6. The van der Waals surface area contributed by atoms with Crippen molar-refractivity contribution in [3.8, 4) is 0 Å². The van der Waals surface area contributed by atoms with Crippen LogP contribution in [0.3, 0.4) is 0 Å². The van der Waals surface area contributed by atoms with Gasteiger partial charge in [-0.3, -0.25) is 4.79 Å². The van der Waals surface area contributed by atoms with Gasteiger partial charge in [-0.15, -0.1) is 0 Å². The van der Waals surface area contributed by atoms with E-state index in [1.165, 1.54) is 0 Å². The summed E-state index contributed by atoms with van der Waals surface area (Å²) in [6.45, 7) is 4.26. The zero-order valence-electron chi connectivity index (χ0n) is 14.0. The number of rotatable bonds is 5. The van der Waals surface area contributed by atoms with Gasteiger partial charge in [-0.05, 0) is 42.7 Å². The third-order valence-electron chi connectivity index (χ3n) is 6.29. The minimum absolute atomic E-state index is 0.0355. The molecule has 0 unspecified atom stereocenters. The van der Waals surface area contributed by atoms with Crippen molar-refractivity contribution in [1.29, 1.82) is 0 Å². The molecule has 1 aromatic rings. The van der Waals surface area contributed by atoms with E-state index in [1.54, 1.807) is 24.3 Å². The zero-order valence-corrected chi connectivity index (χ0v) is 16.4. The Morgan fingerprint density at radius 1 is 1.29 bits per heavy atom. The summed E-state index contributed by atoms with van der Waals surface area (Å²) >= 11 is 3.13. The Morgan fingerprint density at radius 3 is 2.54 bits per heavy atom. The average molecular weight is 415 g/mol. The van der Waals surface area contributed by atoms with Crippen molar-refractivity contribution in [2.24, 2.45) is 16.7 Å². The van der Waals surface area contributed by atoms with Gasteiger partial charge in [-0.1, -0.05) is 48.0 Å². The number of halogens is 1. The number of fused-ring (bicyclic) bond motifs is 2. The van der Waals surface area contributed by atoms with E-state index in [2.05, 4.69) is 29.8 Å². The van der Waals surface area contributed by atoms with Gasteiger partial charge in [-0.25, -0.2) is 8.42 Å². The van der Waals surface area contributed by atoms with Crippen LogP contribution in [0, 0.1) is 16.7 Å². The molecule has 3 atom stereocenters. The van der Waals surface area contributed by atoms with E-state index in [1.807, 2.05) is 6.07 Å². The van der Waals surface area contributed by atoms with Crippen molar-refractivity contribution in [3.05, 3.63) is 30.3 Å². The molecule has 2 fully saturated rings. The fraction of sp³-hybridized carbons (Fsp3) is 0.611. The molecule has 132 valence electrons. The highest BCUT2D eigenvalue weighted by atomic mass is 79.9. The van der Waals surface area contributed by atoms with Crippen LogP contribution in [0.4, 0.5) is 0 Å². The molecule has 0 N–H and O–H groups in total. The third-order valence-corrected chi connectivity index (χ3v) is 8.63. The van der Waals surface area contributed by atoms with Crippen molar-refractivity contribution in [1.82, 2.24) is 0 Å². The van der Waals surface area contributed by atoms with Gasteiger partial charge < -0.3 is 4.74 Å². The summed E-state index contributed by atoms with van der Waals surface area (Å²) < 4.78 is 31.7. The molecule has 3 rings (SSSR count). The standard InChI is InChI=1S/C18H23BrO4S/c1-17(2)13-8-9-18(17,15(10-13)23-16(20)11-19)12-24(21,22)14-6-4-3-5-7-14/h3-7,13,15H,8-12H2,1-2H3/t13-,15-,18-/m0/s1. The monoisotopic (exact) mass is 414 g/mol. The van der Waals surface area contributed by atoms with Gasteiger partial charge in [0.2, 0.25) is 0 Å². The number of hydrogen-bond acceptors (Lipinski definition) is 4. The molecule has 2 aliphatic rings. The Balaban J connectivity index is 1.96. The molecule has 2 aliphatic carbocycles. The predicted octanol–water partition coefficient (Wildman–Crippen LogP) is 3.59. The number of carbonyl (C=O) groups is 1. The minimum Gasteiger partial charge on any atom is -0.461 e. The minimum atomic E-state index is -3.44. The first-order valence-electron chi connectivity index (χ1n) is 8.26. The Hall–Kier alpha value is -0.880. The van der Waals surface area contributed by atoms with Crippen LogP contribution in [-0.4, -0.2) is 31.6 Å². The number of sulfone groups is 1. The predicted molar refractivity (Wildman–Crippen MR) is 95.7 cm³/mol. The third kappa shape index (κ3) is 2.71. The van der Waals surface area contributed by atoms with Gasteiger partial charge in [0.15, 0.2) is 9.84 Å². The SMILES string of the molecule is CC1(C)[C@H]2CC[C@]1(CS(=O)(=O)c1ccccc1)[C@@H](OC(=O)CBr)C2. The maximum absolute atomic E-state index is 13.0. The van der Waals surface area contributed by atoms with Crippen molar-refractivity contribution in [3.63, 3.8) is 0 Å². The smallest absolute Gasteiger partial charge is 0.316 e. The largest absolute Gasteiger partial charge is 0.461 e. The van der Waals surface area contributed by atoms with E-state index in [0.717, 1.165) is 19.3 Å². The first-order chi connectivity index (χ1) is 11.2. The molecule has 1 aromatic carbocycles. The van der Waals surface area contributed by atoms with Crippen LogP contribution >= 0.6 is 15.9 Å². The number of hydrogen-bond donors (Lipinski definition) is 0. The summed E-state index contributed by atoms with van der Waals surface area (Å²) in [5, 5.41) is 0.135. The molecule has 0 aliphatic heterocycles. The lowest BCUT2D eigenvalue weighted by atomic mass is 9.69. The van der Waals surface area contributed by atoms with Gasteiger partial charge in [-0.2, -0.15) is 0 Å². The van der Waals surface area contributed by atoms with E-state index in [9.17, 15) is 13.2 Å². The highest BCUT2D eigenvalue weighted by Gasteiger charge is 2.66. The van der Waals surface area contributed by atoms with Gasteiger partial charge in [0.25, 0.3) is 0 Å². The number of alkyl halides is 1. The molecule has 2 saturated carbocycles. The van der Waals surface area contributed by atoms with Crippen molar-refractivity contribution in [2.75, 3.05) is 11.1 Å². The van der Waals surface area contributed by atoms with Crippen LogP contribution in [0.1, 0.15) is 33.1 Å². The summed E-state index contributed by atoms with van der Waals surface area (Å²) in [6, 6.07) is 8.57. The van der Waals surface area contributed by atoms with Crippen molar-refractivity contribution >= 4 is 31.7 Å². The first kappa shape index (κ1) is 17.9. The molecule has 0 heterocycles. The molecule has 0 saturated heterocycles. The van der Waals surface area contributed by atoms with Crippen LogP contribution in [0.15, 0.2) is 35.2 Å². The van der Waals surface area contributed by atoms with Crippen LogP contribution in [-0.2, 0) is 19.4 Å². The second-order valence-corrected chi connectivity index (χ2v) is 10.1. The summed E-state index contributed by atoms with van der Waals surface area (Å²) in [7, 11) is -3.44. The molecule has 6 heteroatoms. The normalized spacial score (nSPS) is 31.1. The van der Waals surface area contributed by atoms with Gasteiger partial charge in [0.1, 0.15) is 11.4 Å². The summed E-state index contributed by atoms with van der Waals surface area (Å²) in [6.07, 6.45) is 2.22. The number of carbonyl (C=O) groups excluding carboxylic acids is 1. The highest BCUT2D eigenvalue weighted by Crippen LogP contribution is 2.67. The van der Waals surface area contributed by atoms with E-state index in [-0.39, 0.29) is 28.6 Å². The van der Waals surface area contributed by atoms with Crippen LogP contribution in [0.5, 0.6) is 0 Å². The van der Waals surface area contributed by atoms with Crippen LogP contribution in [0.25, 0.3) is 0 Å². The maximum Gasteiger partial charge on any atom is 0.316 e. The Labute approximate surface area is 152 Å². The molecule has 0 aromatic heterocycles. The fourth-order valence-corrected chi connectivity index (χ4v) is 7.00. The molecule has 0 radical (unpaired) electrons. The fourth-order valence-electron chi connectivity index (χ4n) is 4.75. The van der Waals surface area contributed by atoms with Crippen molar-refractivity contribution < 1.29 is 17.9 Å². The van der Waals surface area contributed by atoms with Crippen molar-refractivity contribution in [2.45, 2.75) is 44.1 Å². The second-order valence-electron chi connectivity index (χ2n) is 7.53. The first-order valence-corrected chi connectivity index (χ1v) is 11.0. The Morgan fingerprint density at radius 2 is 1.96 bits per heavy atom. The van der Waals surface area contributed by atoms with Gasteiger partial charge >= 0.3 is 5.97 Å². The molecule has 0 spiro atoms. The summed E-state index contributed by atoms with van der Waals surface area (Å²) in [5.41, 5.74) is -0.670. The number of esters is 1. The number of benzene rings is 1. The molecule has 4 nitrogen and oxygen atoms in total. The molecular formula is C18H23BrO4S. The molecule has 2 bridgehead atoms. The quantitative estimate of drug-likeness (QED) is 0.545. The Bertz CT molecular complexity index is 729. The maximum atomic E-state index is 13.0. The van der Waals surface area contributed by atoms with E-state index in [4.69, 9.17) is 4.74 Å². The van der Waals surface area contributed by atoms with Gasteiger partial charge in [0, 0.05) is 5.41 Å². The highest BCUT2D eigenvalue weighted by molar-refractivity contribution is 9.09. The topological polar surface area (TPSA) is 60.4 Å². The van der Waals surface area contributed by atoms with Crippen LogP contribution < -0.4 is 0 Å². The lowest BCUT2D eigenvalue weighted by Crippen LogP contribution is -2.46. The van der Waals surface area contributed by atoms with E-state index >= 15 is 0 Å². The summed E-state index contributed by atoms with van der Waals surface area (Å²) in [4.78, 5) is 12.2. The second kappa shape index (κ2) is 6.13. The van der Waals surface area contributed by atoms with E-state index in [0.29, 0.717) is 10.8 Å². The lowest BCUT2D eigenvalue weighted by Gasteiger charge is -2.41. The summed E-state index contributed by atoms with van der Waals surface area (Å²) in [5.74, 6) is 0.115. The van der Waals surface area contributed by atoms with Gasteiger partial charge in [0.05, 0.1) is 10.6 Å². The average Bonchev–Trinajstić information content (AvgIpc) is 2.90. The molecule has 0 amide bonds. The lowest BCUT2D eigenvalue weighted by molar-refractivity contribution is -0.153. The molecule has 24 heavy (non-hydrogen) atoms. The van der Waals surface area contributed by atoms with E-state index < -0.39 is 15.3 Å². The Kier molecular flexibility index (Phi) is 4.58. The number of ether oxygens (including phenoxy) is 1. The van der Waals surface area contributed by atoms with Crippen LogP contribution in [0.2, 0.25) is 0 Å².